The summed E-state index contributed by atoms with van der Waals surface area (Å²) in [6, 6.07) is 9.73. The summed E-state index contributed by atoms with van der Waals surface area (Å²) in [5.74, 6) is 0.0201. The minimum atomic E-state index is -0.321. The van der Waals surface area contributed by atoms with Crippen molar-refractivity contribution in [2.45, 2.75) is 31.4 Å². The van der Waals surface area contributed by atoms with E-state index >= 15 is 0 Å². The quantitative estimate of drug-likeness (QED) is 0.847. The number of methoxy groups -OCH3 is 1. The molecule has 0 bridgehead atoms. The van der Waals surface area contributed by atoms with E-state index in [2.05, 4.69) is 10.4 Å². The number of nitrogens with two attached hydrogens (primary N) is 1. The van der Waals surface area contributed by atoms with Crippen LogP contribution in [0.3, 0.4) is 0 Å². The summed E-state index contributed by atoms with van der Waals surface area (Å²) in [4.78, 5) is 12.5. The molecule has 1 atom stereocenters. The summed E-state index contributed by atoms with van der Waals surface area (Å²) >= 11 is 0. The molecule has 1 aliphatic carbocycles. The van der Waals surface area contributed by atoms with Gasteiger partial charge in [-0.3, -0.25) is 4.79 Å². The van der Waals surface area contributed by atoms with E-state index < -0.39 is 0 Å². The first-order valence-electron chi connectivity index (χ1n) is 8.23. The zero-order valence-electron chi connectivity index (χ0n) is 14.1. The molecule has 6 nitrogen and oxygen atoms in total. The van der Waals surface area contributed by atoms with Gasteiger partial charge in [0.15, 0.2) is 0 Å². The van der Waals surface area contributed by atoms with E-state index in [1.54, 1.807) is 13.3 Å². The van der Waals surface area contributed by atoms with Crippen molar-refractivity contribution in [3.05, 3.63) is 48.3 Å². The zero-order chi connectivity index (χ0) is 17.2. The van der Waals surface area contributed by atoms with E-state index in [9.17, 15) is 4.79 Å². The SMILES string of the molecule is COC1(CN)CC(C(=O)NC(C)c2ccccc2-n2cccn2)C1. The Balaban J connectivity index is 1.68. The van der Waals surface area contributed by atoms with Crippen molar-refractivity contribution in [3.63, 3.8) is 0 Å². The highest BCUT2D eigenvalue weighted by atomic mass is 16.5. The molecule has 1 fully saturated rings. The Morgan fingerprint density at radius 3 is 2.83 bits per heavy atom. The Morgan fingerprint density at radius 2 is 2.21 bits per heavy atom. The Bertz CT molecular complexity index is 687. The van der Waals surface area contributed by atoms with Crippen LogP contribution in [0.4, 0.5) is 0 Å². The van der Waals surface area contributed by atoms with Crippen molar-refractivity contribution in [2.75, 3.05) is 13.7 Å². The highest BCUT2D eigenvalue weighted by molar-refractivity contribution is 5.80. The van der Waals surface area contributed by atoms with Crippen LogP contribution in [0.1, 0.15) is 31.4 Å². The first-order chi connectivity index (χ1) is 11.6. The highest BCUT2D eigenvalue weighted by Gasteiger charge is 2.47. The number of rotatable bonds is 6. The van der Waals surface area contributed by atoms with Gasteiger partial charge in [0.05, 0.1) is 17.3 Å². The van der Waals surface area contributed by atoms with Crippen LogP contribution in [0, 0.1) is 5.92 Å². The number of aromatic nitrogens is 2. The van der Waals surface area contributed by atoms with Gasteiger partial charge >= 0.3 is 0 Å². The third kappa shape index (κ3) is 3.07. The Labute approximate surface area is 142 Å². The molecule has 3 N–H and O–H groups in total. The molecule has 1 aromatic carbocycles. The van der Waals surface area contributed by atoms with Gasteiger partial charge in [0.2, 0.25) is 5.91 Å². The number of hydrogen-bond donors (Lipinski definition) is 2. The molecule has 1 amide bonds. The predicted octanol–water partition coefficient (Wildman–Crippen LogP) is 1.80. The van der Waals surface area contributed by atoms with Crippen LogP contribution in [0.2, 0.25) is 0 Å². The lowest BCUT2D eigenvalue weighted by molar-refractivity contribution is -0.145. The van der Waals surface area contributed by atoms with Gasteiger partial charge in [0.1, 0.15) is 0 Å². The van der Waals surface area contributed by atoms with E-state index in [4.69, 9.17) is 10.5 Å². The molecule has 128 valence electrons. The number of nitrogens with zero attached hydrogens (tertiary/aromatic N) is 2. The monoisotopic (exact) mass is 328 g/mol. The molecular weight excluding hydrogens is 304 g/mol. The highest BCUT2D eigenvalue weighted by Crippen LogP contribution is 2.40. The van der Waals surface area contributed by atoms with Crippen LogP contribution in [0.15, 0.2) is 42.7 Å². The maximum absolute atomic E-state index is 12.5. The third-order valence-corrected chi connectivity index (χ3v) is 4.93. The number of nitrogens with one attached hydrogen (secondary N) is 1. The van der Waals surface area contributed by atoms with Crippen molar-refractivity contribution >= 4 is 5.91 Å². The van der Waals surface area contributed by atoms with Gasteiger partial charge in [-0.2, -0.15) is 5.10 Å². The standard InChI is InChI=1S/C18H24N4O2/c1-13(21-17(23)14-10-18(11-14,12-19)24-2)15-6-3-4-7-16(15)22-9-5-8-20-22/h3-9,13-14H,10-12,19H2,1-2H3,(H,21,23). The number of benzene rings is 1. The summed E-state index contributed by atoms with van der Waals surface area (Å²) in [5.41, 5.74) is 7.42. The van der Waals surface area contributed by atoms with Gasteiger partial charge in [0, 0.05) is 32.0 Å². The predicted molar refractivity (Wildman–Crippen MR) is 91.6 cm³/mol. The minimum absolute atomic E-state index is 0.0344. The normalized spacial score (nSPS) is 24.2. The zero-order valence-corrected chi connectivity index (χ0v) is 14.1. The maximum atomic E-state index is 12.5. The second-order valence-electron chi connectivity index (χ2n) is 6.44. The van der Waals surface area contributed by atoms with Crippen molar-refractivity contribution in [1.82, 2.24) is 15.1 Å². The molecule has 2 aromatic rings. The van der Waals surface area contributed by atoms with Crippen LogP contribution < -0.4 is 11.1 Å². The molecule has 1 aromatic heterocycles. The van der Waals surface area contributed by atoms with Crippen LogP contribution in [-0.2, 0) is 9.53 Å². The molecule has 0 spiro atoms. The summed E-state index contributed by atoms with van der Waals surface area (Å²) in [5, 5.41) is 7.40. The lowest BCUT2D eigenvalue weighted by Crippen LogP contribution is -2.55. The summed E-state index contributed by atoms with van der Waals surface area (Å²) in [7, 11) is 1.66. The topological polar surface area (TPSA) is 82.2 Å². The molecule has 1 heterocycles. The van der Waals surface area contributed by atoms with Gasteiger partial charge in [-0.25, -0.2) is 4.68 Å². The van der Waals surface area contributed by atoms with Gasteiger partial charge in [-0.1, -0.05) is 18.2 Å². The molecule has 6 heteroatoms. The summed E-state index contributed by atoms with van der Waals surface area (Å²) in [6.45, 7) is 2.44. The van der Waals surface area contributed by atoms with Crippen molar-refractivity contribution < 1.29 is 9.53 Å². The van der Waals surface area contributed by atoms with Gasteiger partial charge in [-0.15, -0.1) is 0 Å². The summed E-state index contributed by atoms with van der Waals surface area (Å²) < 4.78 is 7.26. The van der Waals surface area contributed by atoms with Gasteiger partial charge < -0.3 is 15.8 Å². The molecule has 0 radical (unpaired) electrons. The fourth-order valence-corrected chi connectivity index (χ4v) is 3.32. The molecule has 0 aliphatic heterocycles. The molecule has 3 rings (SSSR count). The third-order valence-electron chi connectivity index (χ3n) is 4.93. The number of carbonyl (C=O) groups is 1. The van der Waals surface area contributed by atoms with E-state index in [0.717, 1.165) is 11.3 Å². The fraction of sp³-hybridized carbons (Fsp3) is 0.444. The molecule has 24 heavy (non-hydrogen) atoms. The smallest absolute Gasteiger partial charge is 0.223 e. The van der Waals surface area contributed by atoms with E-state index in [1.165, 1.54) is 0 Å². The second-order valence-corrected chi connectivity index (χ2v) is 6.44. The number of carbonyl (C=O) groups excluding carboxylic acids is 1. The van der Waals surface area contributed by atoms with Crippen molar-refractivity contribution in [1.29, 1.82) is 0 Å². The van der Waals surface area contributed by atoms with Crippen LogP contribution >= 0.6 is 0 Å². The number of hydrogen-bond acceptors (Lipinski definition) is 4. The molecule has 1 aliphatic rings. The van der Waals surface area contributed by atoms with Crippen LogP contribution in [0.25, 0.3) is 5.69 Å². The van der Waals surface area contributed by atoms with Gasteiger partial charge in [0.25, 0.3) is 0 Å². The molecule has 1 saturated carbocycles. The van der Waals surface area contributed by atoms with Gasteiger partial charge in [-0.05, 0) is 37.5 Å². The van der Waals surface area contributed by atoms with E-state index in [1.807, 2.05) is 48.1 Å². The largest absolute Gasteiger partial charge is 0.377 e. The molecule has 0 saturated heterocycles. The number of ether oxygens (including phenoxy) is 1. The minimum Gasteiger partial charge on any atom is -0.377 e. The van der Waals surface area contributed by atoms with E-state index in [-0.39, 0.29) is 23.5 Å². The average Bonchev–Trinajstić information content (AvgIpc) is 3.09. The Kier molecular flexibility index (Phi) is 4.69. The van der Waals surface area contributed by atoms with Crippen LogP contribution in [-0.4, -0.2) is 34.9 Å². The summed E-state index contributed by atoms with van der Waals surface area (Å²) in [6.07, 6.45) is 5.00. The first kappa shape index (κ1) is 16.7. The average molecular weight is 328 g/mol. The maximum Gasteiger partial charge on any atom is 0.223 e. The Hall–Kier alpha value is -2.18. The molecular formula is C18H24N4O2. The first-order valence-corrected chi connectivity index (χ1v) is 8.23. The lowest BCUT2D eigenvalue weighted by Gasteiger charge is -2.45. The number of amides is 1. The van der Waals surface area contributed by atoms with Crippen molar-refractivity contribution in [2.24, 2.45) is 11.7 Å². The lowest BCUT2D eigenvalue weighted by atomic mass is 9.70. The fourth-order valence-electron chi connectivity index (χ4n) is 3.32. The number of para-hydroxylation sites is 1. The van der Waals surface area contributed by atoms with Crippen molar-refractivity contribution in [3.8, 4) is 5.69 Å². The second kappa shape index (κ2) is 6.75. The van der Waals surface area contributed by atoms with E-state index in [0.29, 0.717) is 19.4 Å². The molecule has 1 unspecified atom stereocenters. The van der Waals surface area contributed by atoms with Crippen LogP contribution in [0.5, 0.6) is 0 Å². The Morgan fingerprint density at radius 1 is 1.46 bits per heavy atom.